The van der Waals surface area contributed by atoms with Crippen molar-refractivity contribution in [2.75, 3.05) is 19.6 Å². The number of furan rings is 1. The van der Waals surface area contributed by atoms with Crippen LogP contribution in [0.5, 0.6) is 0 Å². The van der Waals surface area contributed by atoms with Crippen LogP contribution in [0.2, 0.25) is 0 Å². The van der Waals surface area contributed by atoms with Gasteiger partial charge in [0.25, 0.3) is 0 Å². The third-order valence-electron chi connectivity index (χ3n) is 5.66. The monoisotopic (exact) mass is 482 g/mol. The van der Waals surface area contributed by atoms with Gasteiger partial charge in [0.05, 0.1) is 18.0 Å². The lowest BCUT2D eigenvalue weighted by Crippen LogP contribution is -2.43. The molecule has 34 heavy (non-hydrogen) atoms. The van der Waals surface area contributed by atoms with E-state index in [4.69, 9.17) is 4.42 Å². The van der Waals surface area contributed by atoms with Crippen LogP contribution in [0, 0.1) is 12.8 Å². The molecule has 0 atom stereocenters. The molecular formula is C27H34N2O4S. The summed E-state index contributed by atoms with van der Waals surface area (Å²) in [5, 5.41) is 0. The van der Waals surface area contributed by atoms with Crippen LogP contribution in [-0.2, 0) is 27.8 Å². The Kier molecular flexibility index (Phi) is 9.07. The Hall–Kier alpha value is -2.90. The van der Waals surface area contributed by atoms with Gasteiger partial charge in [0.2, 0.25) is 15.9 Å². The Morgan fingerprint density at radius 2 is 1.56 bits per heavy atom. The van der Waals surface area contributed by atoms with Gasteiger partial charge >= 0.3 is 0 Å². The van der Waals surface area contributed by atoms with E-state index in [0.29, 0.717) is 37.6 Å². The van der Waals surface area contributed by atoms with Gasteiger partial charge in [-0.1, -0.05) is 62.4 Å². The third-order valence-corrected chi connectivity index (χ3v) is 7.52. The van der Waals surface area contributed by atoms with Gasteiger partial charge in [0, 0.05) is 13.1 Å². The van der Waals surface area contributed by atoms with Crippen molar-refractivity contribution in [1.82, 2.24) is 9.21 Å². The summed E-state index contributed by atoms with van der Waals surface area (Å²) in [5.41, 5.74) is 1.12. The molecule has 0 aliphatic heterocycles. The van der Waals surface area contributed by atoms with Gasteiger partial charge in [-0.3, -0.25) is 4.79 Å². The first-order valence-electron chi connectivity index (χ1n) is 11.7. The number of aryl methyl sites for hydroxylation is 1. The van der Waals surface area contributed by atoms with Crippen LogP contribution in [0.15, 0.2) is 82.1 Å². The summed E-state index contributed by atoms with van der Waals surface area (Å²) in [6.45, 7) is 6.78. The highest BCUT2D eigenvalue weighted by Crippen LogP contribution is 2.18. The van der Waals surface area contributed by atoms with E-state index in [1.807, 2.05) is 63.2 Å². The summed E-state index contributed by atoms with van der Waals surface area (Å²) in [5.74, 6) is 1.52. The first kappa shape index (κ1) is 25.7. The van der Waals surface area contributed by atoms with E-state index in [1.165, 1.54) is 4.31 Å². The second-order valence-corrected chi connectivity index (χ2v) is 10.8. The zero-order valence-corrected chi connectivity index (χ0v) is 21.0. The van der Waals surface area contributed by atoms with Gasteiger partial charge in [0.15, 0.2) is 0 Å². The van der Waals surface area contributed by atoms with Gasteiger partial charge in [-0.05, 0) is 55.5 Å². The Balaban J connectivity index is 1.81. The number of hydrogen-bond acceptors (Lipinski definition) is 4. The molecule has 0 bridgehead atoms. The second kappa shape index (κ2) is 12.0. The molecule has 1 aromatic heterocycles. The Morgan fingerprint density at radius 1 is 0.912 bits per heavy atom. The lowest BCUT2D eigenvalue weighted by atomic mass is 10.1. The zero-order valence-electron chi connectivity index (χ0n) is 20.2. The Morgan fingerprint density at radius 3 is 2.15 bits per heavy atom. The van der Waals surface area contributed by atoms with Crippen LogP contribution in [0.3, 0.4) is 0 Å². The van der Waals surface area contributed by atoms with Crippen LogP contribution in [-0.4, -0.2) is 43.2 Å². The fourth-order valence-electron chi connectivity index (χ4n) is 3.64. The summed E-state index contributed by atoms with van der Waals surface area (Å²) < 4.78 is 33.8. The maximum absolute atomic E-state index is 13.5. The van der Waals surface area contributed by atoms with Gasteiger partial charge in [0.1, 0.15) is 11.5 Å². The van der Waals surface area contributed by atoms with E-state index < -0.39 is 10.0 Å². The molecule has 2 aromatic carbocycles. The predicted octanol–water partition coefficient (Wildman–Crippen LogP) is 4.90. The molecule has 0 unspecified atom stereocenters. The van der Waals surface area contributed by atoms with E-state index in [-0.39, 0.29) is 23.9 Å². The molecule has 0 aliphatic rings. The number of nitrogens with zero attached hydrogens (tertiary/aromatic N) is 2. The fourth-order valence-corrected chi connectivity index (χ4v) is 5.06. The van der Waals surface area contributed by atoms with Crippen molar-refractivity contribution < 1.29 is 17.6 Å². The van der Waals surface area contributed by atoms with Crippen molar-refractivity contribution in [3.8, 4) is 0 Å². The van der Waals surface area contributed by atoms with E-state index in [1.54, 1.807) is 35.2 Å². The van der Waals surface area contributed by atoms with Crippen molar-refractivity contribution in [2.24, 2.45) is 5.92 Å². The van der Waals surface area contributed by atoms with Crippen molar-refractivity contribution in [1.29, 1.82) is 0 Å². The maximum atomic E-state index is 13.5. The highest BCUT2D eigenvalue weighted by Gasteiger charge is 2.28. The molecule has 0 aliphatic carbocycles. The maximum Gasteiger partial charge on any atom is 0.243 e. The second-order valence-electron chi connectivity index (χ2n) is 8.90. The number of carbonyl (C=O) groups is 1. The lowest BCUT2D eigenvalue weighted by molar-refractivity contribution is -0.132. The standard InChI is InChI=1S/C27H34N2O4S/c1-22(2)16-19-29(34(31,32)26-12-8-5-9-13-26)21-27(30)28(20-25-15-14-23(3)33-25)18-17-24-10-6-4-7-11-24/h4-15,22H,16-21H2,1-3H3. The van der Waals surface area contributed by atoms with Crippen LogP contribution < -0.4 is 0 Å². The Bertz CT molecular complexity index is 1140. The first-order chi connectivity index (χ1) is 16.3. The molecule has 0 spiro atoms. The van der Waals surface area contributed by atoms with E-state index in [9.17, 15) is 13.2 Å². The van der Waals surface area contributed by atoms with Crippen LogP contribution in [0.25, 0.3) is 0 Å². The average molecular weight is 483 g/mol. The number of hydrogen-bond donors (Lipinski definition) is 0. The van der Waals surface area contributed by atoms with Crippen molar-refractivity contribution >= 4 is 15.9 Å². The molecular weight excluding hydrogens is 448 g/mol. The lowest BCUT2D eigenvalue weighted by Gasteiger charge is -2.27. The van der Waals surface area contributed by atoms with Gasteiger partial charge in [-0.15, -0.1) is 0 Å². The van der Waals surface area contributed by atoms with Gasteiger partial charge in [-0.25, -0.2) is 8.42 Å². The van der Waals surface area contributed by atoms with Crippen molar-refractivity contribution in [3.05, 3.63) is 89.9 Å². The SMILES string of the molecule is Cc1ccc(CN(CCc2ccccc2)C(=O)CN(CCC(C)C)S(=O)(=O)c2ccccc2)o1. The van der Waals surface area contributed by atoms with E-state index in [2.05, 4.69) is 0 Å². The minimum absolute atomic E-state index is 0.198. The summed E-state index contributed by atoms with van der Waals surface area (Å²) in [6, 6.07) is 22.0. The topological polar surface area (TPSA) is 70.8 Å². The molecule has 6 nitrogen and oxygen atoms in total. The minimum Gasteiger partial charge on any atom is -0.464 e. The highest BCUT2D eigenvalue weighted by molar-refractivity contribution is 7.89. The predicted molar refractivity (Wildman–Crippen MR) is 134 cm³/mol. The fraction of sp³-hybridized carbons (Fsp3) is 0.370. The van der Waals surface area contributed by atoms with E-state index >= 15 is 0 Å². The molecule has 182 valence electrons. The number of amides is 1. The molecule has 0 saturated heterocycles. The third kappa shape index (κ3) is 7.30. The summed E-state index contributed by atoms with van der Waals surface area (Å²) in [4.78, 5) is 15.4. The molecule has 7 heteroatoms. The van der Waals surface area contributed by atoms with Crippen LogP contribution >= 0.6 is 0 Å². The Labute approximate surface area is 203 Å². The average Bonchev–Trinajstić information content (AvgIpc) is 3.24. The molecule has 1 amide bonds. The highest BCUT2D eigenvalue weighted by atomic mass is 32.2. The zero-order chi connectivity index (χ0) is 24.6. The number of sulfonamides is 1. The number of benzene rings is 2. The van der Waals surface area contributed by atoms with Gasteiger partial charge in [-0.2, -0.15) is 4.31 Å². The molecule has 3 rings (SSSR count). The molecule has 1 heterocycles. The quantitative estimate of drug-likeness (QED) is 0.368. The molecule has 0 fully saturated rings. The van der Waals surface area contributed by atoms with Crippen LogP contribution in [0.1, 0.15) is 37.4 Å². The number of carbonyl (C=O) groups excluding carboxylic acids is 1. The van der Waals surface area contributed by atoms with E-state index in [0.717, 1.165) is 11.3 Å². The molecule has 0 N–H and O–H groups in total. The first-order valence-corrected chi connectivity index (χ1v) is 13.1. The largest absolute Gasteiger partial charge is 0.464 e. The summed E-state index contributed by atoms with van der Waals surface area (Å²) >= 11 is 0. The minimum atomic E-state index is -3.80. The van der Waals surface area contributed by atoms with Crippen LogP contribution in [0.4, 0.5) is 0 Å². The molecule has 0 radical (unpaired) electrons. The summed E-state index contributed by atoms with van der Waals surface area (Å²) in [7, 11) is -3.80. The van der Waals surface area contributed by atoms with Gasteiger partial charge < -0.3 is 9.32 Å². The number of rotatable bonds is 12. The van der Waals surface area contributed by atoms with Crippen molar-refractivity contribution in [3.63, 3.8) is 0 Å². The summed E-state index contributed by atoms with van der Waals surface area (Å²) in [6.07, 6.45) is 1.34. The smallest absolute Gasteiger partial charge is 0.243 e. The molecule has 0 saturated carbocycles. The van der Waals surface area contributed by atoms with Crippen molar-refractivity contribution in [2.45, 2.75) is 45.1 Å². The normalized spacial score (nSPS) is 11.8. The molecule has 3 aromatic rings.